The normalized spacial score (nSPS) is 11.7. The van der Waals surface area contributed by atoms with Crippen LogP contribution in [0.15, 0.2) is 18.2 Å². The third kappa shape index (κ3) is 5.72. The predicted octanol–water partition coefficient (Wildman–Crippen LogP) is 3.61. The summed E-state index contributed by atoms with van der Waals surface area (Å²) in [5.41, 5.74) is -1.72. The molecule has 0 heterocycles. The van der Waals surface area contributed by atoms with E-state index in [9.17, 15) is 18.4 Å². The maximum atomic E-state index is 14.1. The summed E-state index contributed by atoms with van der Waals surface area (Å²) in [6.07, 6.45) is -2.33. The Morgan fingerprint density at radius 2 is 1.87 bits per heavy atom. The quantitative estimate of drug-likeness (QED) is 0.861. The van der Waals surface area contributed by atoms with Crippen molar-refractivity contribution in [1.82, 2.24) is 0 Å². The fourth-order valence-electron chi connectivity index (χ4n) is 1.77. The van der Waals surface area contributed by atoms with Crippen LogP contribution in [0.25, 0.3) is 0 Å². The molecule has 1 aromatic carbocycles. The molecule has 0 aliphatic rings. The summed E-state index contributed by atoms with van der Waals surface area (Å²) in [6.45, 7) is 4.87. The van der Waals surface area contributed by atoms with E-state index in [1.807, 2.05) is 0 Å². The lowest BCUT2D eigenvalue weighted by Gasteiger charge is -2.22. The number of carboxylic acids is 1. The molecule has 0 aliphatic heterocycles. The van der Waals surface area contributed by atoms with E-state index in [0.29, 0.717) is 0 Å². The number of rotatable bonds is 5. The lowest BCUT2D eigenvalue weighted by atomic mass is 10.0. The average Bonchev–Trinajstić information content (AvgIpc) is 2.34. The standard InChI is InChI=1S/C15H19F2NO5/c1-14(2,3)23-13(21)18-11-7-9(22-4)5-6-10(11)15(16,17)8-12(19)20/h5-7H,8H2,1-4H3,(H,18,21)(H,19,20). The van der Waals surface area contributed by atoms with Crippen molar-refractivity contribution in [2.45, 2.75) is 38.7 Å². The van der Waals surface area contributed by atoms with Crippen LogP contribution in [0.1, 0.15) is 32.8 Å². The molecule has 0 aromatic heterocycles. The summed E-state index contributed by atoms with van der Waals surface area (Å²) >= 11 is 0. The molecule has 8 heteroatoms. The molecule has 0 saturated carbocycles. The van der Waals surface area contributed by atoms with Gasteiger partial charge in [0, 0.05) is 11.6 Å². The van der Waals surface area contributed by atoms with E-state index in [4.69, 9.17) is 14.6 Å². The second kappa shape index (κ2) is 6.80. The van der Waals surface area contributed by atoms with E-state index >= 15 is 0 Å². The molecule has 0 bridgehead atoms. The first-order valence-electron chi connectivity index (χ1n) is 6.73. The molecule has 128 valence electrons. The molecule has 0 atom stereocenters. The number of anilines is 1. The van der Waals surface area contributed by atoms with Gasteiger partial charge in [0.05, 0.1) is 12.8 Å². The highest BCUT2D eigenvalue weighted by Crippen LogP contribution is 2.38. The Balaban J connectivity index is 3.17. The van der Waals surface area contributed by atoms with Crippen molar-refractivity contribution in [3.05, 3.63) is 23.8 Å². The lowest BCUT2D eigenvalue weighted by molar-refractivity contribution is -0.145. The number of alkyl halides is 2. The third-order valence-corrected chi connectivity index (χ3v) is 2.63. The smallest absolute Gasteiger partial charge is 0.412 e. The van der Waals surface area contributed by atoms with Gasteiger partial charge < -0.3 is 14.6 Å². The van der Waals surface area contributed by atoms with Gasteiger partial charge in [-0.1, -0.05) is 0 Å². The molecule has 0 aliphatic carbocycles. The Hall–Kier alpha value is -2.38. The van der Waals surface area contributed by atoms with Crippen molar-refractivity contribution in [3.8, 4) is 5.75 Å². The van der Waals surface area contributed by atoms with Gasteiger partial charge in [0.2, 0.25) is 0 Å². The number of carbonyl (C=O) groups is 2. The van der Waals surface area contributed by atoms with Gasteiger partial charge in [-0.2, -0.15) is 0 Å². The van der Waals surface area contributed by atoms with Gasteiger partial charge in [0.25, 0.3) is 5.92 Å². The number of hydrogen-bond donors (Lipinski definition) is 2. The summed E-state index contributed by atoms with van der Waals surface area (Å²) in [5.74, 6) is -5.09. The minimum absolute atomic E-state index is 0.228. The maximum Gasteiger partial charge on any atom is 0.412 e. The van der Waals surface area contributed by atoms with E-state index < -0.39 is 35.6 Å². The molecule has 0 unspecified atom stereocenters. The van der Waals surface area contributed by atoms with Crippen LogP contribution in [0.3, 0.4) is 0 Å². The maximum absolute atomic E-state index is 14.1. The molecular weight excluding hydrogens is 312 g/mol. The zero-order valence-corrected chi connectivity index (χ0v) is 13.3. The number of hydrogen-bond acceptors (Lipinski definition) is 4. The Labute approximate surface area is 132 Å². The number of halogens is 2. The van der Waals surface area contributed by atoms with Crippen LogP contribution in [0.5, 0.6) is 5.75 Å². The van der Waals surface area contributed by atoms with Gasteiger partial charge in [-0.05, 0) is 32.9 Å². The Kier molecular flexibility index (Phi) is 5.52. The Morgan fingerprint density at radius 1 is 1.26 bits per heavy atom. The number of carbonyl (C=O) groups excluding carboxylic acids is 1. The number of benzene rings is 1. The first kappa shape index (κ1) is 18.7. The highest BCUT2D eigenvalue weighted by molar-refractivity contribution is 5.86. The van der Waals surface area contributed by atoms with E-state index in [2.05, 4.69) is 5.32 Å². The largest absolute Gasteiger partial charge is 0.497 e. The number of amides is 1. The molecule has 0 fully saturated rings. The van der Waals surface area contributed by atoms with Gasteiger partial charge >= 0.3 is 12.1 Å². The molecule has 0 radical (unpaired) electrons. The number of methoxy groups -OCH3 is 1. The monoisotopic (exact) mass is 331 g/mol. The molecule has 1 aromatic rings. The molecule has 1 amide bonds. The fraction of sp³-hybridized carbons (Fsp3) is 0.467. The number of nitrogens with one attached hydrogen (secondary N) is 1. The van der Waals surface area contributed by atoms with Crippen molar-refractivity contribution < 1.29 is 33.0 Å². The van der Waals surface area contributed by atoms with Crippen LogP contribution >= 0.6 is 0 Å². The van der Waals surface area contributed by atoms with Crippen molar-refractivity contribution in [2.75, 3.05) is 12.4 Å². The van der Waals surface area contributed by atoms with Crippen LogP contribution in [0, 0.1) is 0 Å². The number of carboxylic acid groups (broad SMARTS) is 1. The molecule has 0 saturated heterocycles. The summed E-state index contributed by atoms with van der Waals surface area (Å²) in [4.78, 5) is 22.4. The van der Waals surface area contributed by atoms with Crippen molar-refractivity contribution in [1.29, 1.82) is 0 Å². The number of aliphatic carboxylic acids is 1. The second-order valence-corrected chi connectivity index (χ2v) is 5.81. The Bertz CT molecular complexity index is 596. The van der Waals surface area contributed by atoms with Crippen molar-refractivity contribution >= 4 is 17.7 Å². The molecular formula is C15H19F2NO5. The summed E-state index contributed by atoms with van der Waals surface area (Å²) in [7, 11) is 1.33. The number of ether oxygens (including phenoxy) is 2. The van der Waals surface area contributed by atoms with E-state index in [1.54, 1.807) is 20.8 Å². The lowest BCUT2D eigenvalue weighted by Crippen LogP contribution is -2.28. The van der Waals surface area contributed by atoms with Crippen LogP contribution in [0.2, 0.25) is 0 Å². The van der Waals surface area contributed by atoms with Crippen LogP contribution in [-0.4, -0.2) is 29.9 Å². The summed E-state index contributed by atoms with van der Waals surface area (Å²) in [5, 5.41) is 10.8. The van der Waals surface area contributed by atoms with Crippen molar-refractivity contribution in [2.24, 2.45) is 0 Å². The molecule has 23 heavy (non-hydrogen) atoms. The van der Waals surface area contributed by atoms with Gasteiger partial charge in [0.1, 0.15) is 17.8 Å². The summed E-state index contributed by atoms with van der Waals surface area (Å²) < 4.78 is 38.1. The van der Waals surface area contributed by atoms with E-state index in [-0.39, 0.29) is 11.4 Å². The second-order valence-electron chi connectivity index (χ2n) is 5.81. The van der Waals surface area contributed by atoms with E-state index in [1.165, 1.54) is 19.2 Å². The van der Waals surface area contributed by atoms with Gasteiger partial charge in [-0.3, -0.25) is 10.1 Å². The zero-order valence-electron chi connectivity index (χ0n) is 13.3. The van der Waals surface area contributed by atoms with Gasteiger partial charge in [-0.25, -0.2) is 13.6 Å². The first-order chi connectivity index (χ1) is 10.4. The minimum Gasteiger partial charge on any atom is -0.497 e. The predicted molar refractivity (Wildman–Crippen MR) is 79.0 cm³/mol. The molecule has 1 rings (SSSR count). The minimum atomic E-state index is -3.66. The van der Waals surface area contributed by atoms with Gasteiger partial charge in [-0.15, -0.1) is 0 Å². The SMILES string of the molecule is COc1ccc(C(F)(F)CC(=O)O)c(NC(=O)OC(C)(C)C)c1. The fourth-order valence-corrected chi connectivity index (χ4v) is 1.77. The topological polar surface area (TPSA) is 84.9 Å². The Morgan fingerprint density at radius 3 is 2.35 bits per heavy atom. The van der Waals surface area contributed by atoms with Crippen molar-refractivity contribution in [3.63, 3.8) is 0 Å². The molecule has 6 nitrogen and oxygen atoms in total. The average molecular weight is 331 g/mol. The zero-order chi connectivity index (χ0) is 17.8. The van der Waals surface area contributed by atoms with Crippen LogP contribution in [0.4, 0.5) is 19.3 Å². The van der Waals surface area contributed by atoms with E-state index in [0.717, 1.165) is 6.07 Å². The molecule has 0 spiro atoms. The highest BCUT2D eigenvalue weighted by atomic mass is 19.3. The third-order valence-electron chi connectivity index (χ3n) is 2.63. The summed E-state index contributed by atoms with van der Waals surface area (Å²) in [6, 6.07) is 3.44. The highest BCUT2D eigenvalue weighted by Gasteiger charge is 2.37. The van der Waals surface area contributed by atoms with Crippen LogP contribution in [-0.2, 0) is 15.5 Å². The molecule has 2 N–H and O–H groups in total. The first-order valence-corrected chi connectivity index (χ1v) is 6.73. The van der Waals surface area contributed by atoms with Crippen LogP contribution < -0.4 is 10.1 Å². The van der Waals surface area contributed by atoms with Gasteiger partial charge in [0.15, 0.2) is 0 Å².